The van der Waals surface area contributed by atoms with Gasteiger partial charge in [-0.3, -0.25) is 10.1 Å². The Balaban J connectivity index is 1.87. The first-order valence-corrected chi connectivity index (χ1v) is 8.54. The maximum atomic E-state index is 11.9. The van der Waals surface area contributed by atoms with Crippen molar-refractivity contribution in [3.63, 3.8) is 0 Å². The molecule has 21 heavy (non-hydrogen) atoms. The lowest BCUT2D eigenvalue weighted by Gasteiger charge is -2.16. The molecule has 8 heteroatoms. The molecule has 0 bridgehead atoms. The molecule has 0 amide bonds. The molecule has 1 aromatic carbocycles. The summed E-state index contributed by atoms with van der Waals surface area (Å²) in [4.78, 5) is 9.23. The van der Waals surface area contributed by atoms with E-state index >= 15 is 0 Å². The number of nitrogens with zero attached hydrogens (tertiary/aromatic N) is 2. The molecule has 2 aromatic rings. The zero-order chi connectivity index (χ0) is 15.1. The first kappa shape index (κ1) is 15.7. The highest BCUT2D eigenvalue weighted by Crippen LogP contribution is 2.25. The van der Waals surface area contributed by atoms with E-state index in [1.54, 1.807) is 24.7 Å². The van der Waals surface area contributed by atoms with Crippen LogP contribution in [0, 0.1) is 0 Å². The number of nitrogens with one attached hydrogen (secondary N) is 2. The Morgan fingerprint density at radius 1 is 1.38 bits per heavy atom. The van der Waals surface area contributed by atoms with Gasteiger partial charge in [-0.15, -0.1) is 0 Å². The van der Waals surface area contributed by atoms with E-state index < -0.39 is 7.59 Å². The van der Waals surface area contributed by atoms with Crippen LogP contribution in [0.5, 0.6) is 5.75 Å². The van der Waals surface area contributed by atoms with E-state index in [4.69, 9.17) is 10.3 Å². The Labute approximate surface area is 124 Å². The van der Waals surface area contributed by atoms with Gasteiger partial charge in [0.2, 0.25) is 0 Å². The van der Waals surface area contributed by atoms with Crippen molar-refractivity contribution in [1.82, 2.24) is 19.9 Å². The molecule has 1 atom stereocenters. The molecule has 0 spiro atoms. The Morgan fingerprint density at radius 2 is 2.14 bits per heavy atom. The van der Waals surface area contributed by atoms with Crippen molar-refractivity contribution in [1.29, 1.82) is 0 Å². The van der Waals surface area contributed by atoms with Crippen LogP contribution in [0.1, 0.15) is 19.8 Å². The maximum Gasteiger partial charge on any atom is 0.308 e. The Kier molecular flexibility index (Phi) is 5.52. The summed E-state index contributed by atoms with van der Waals surface area (Å²) < 4.78 is 13.8. The molecule has 0 saturated heterocycles. The summed E-state index contributed by atoms with van der Waals surface area (Å²) in [5, 5.41) is 5.14. The average molecular weight is 309 g/mol. The Morgan fingerprint density at radius 3 is 2.76 bits per heavy atom. The predicted octanol–water partition coefficient (Wildman–Crippen LogP) is 2.21. The number of benzene rings is 1. The first-order chi connectivity index (χ1) is 10.1. The Hall–Kier alpha value is -1.66. The molecule has 1 heterocycles. The molecular formula is C13H20N5O2P. The van der Waals surface area contributed by atoms with Crippen LogP contribution < -0.4 is 20.7 Å². The number of hydrogen-bond donors (Lipinski definition) is 3. The van der Waals surface area contributed by atoms with Crippen LogP contribution in [0.2, 0.25) is 0 Å². The molecule has 4 N–H and O–H groups in total. The SMILES string of the molecule is CCCCNP(N)(=O)NOc1ccc(-n2ccnc2)cc1. The fraction of sp³-hybridized carbons (Fsp3) is 0.308. The van der Waals surface area contributed by atoms with Gasteiger partial charge in [0.1, 0.15) is 5.75 Å². The minimum absolute atomic E-state index is 0.529. The number of unbranched alkanes of at least 4 members (excludes halogenated alkanes) is 1. The normalized spacial score (nSPS) is 13.8. The largest absolute Gasteiger partial charge is 0.400 e. The third kappa shape index (κ3) is 4.99. The molecule has 114 valence electrons. The van der Waals surface area contributed by atoms with Gasteiger partial charge in [-0.1, -0.05) is 18.6 Å². The van der Waals surface area contributed by atoms with Crippen LogP contribution >= 0.6 is 7.59 Å². The van der Waals surface area contributed by atoms with Gasteiger partial charge in [0, 0.05) is 24.6 Å². The fourth-order valence-electron chi connectivity index (χ4n) is 1.67. The molecule has 0 aliphatic rings. The average Bonchev–Trinajstić information content (AvgIpc) is 3.00. The zero-order valence-corrected chi connectivity index (χ0v) is 12.8. The van der Waals surface area contributed by atoms with E-state index in [0.717, 1.165) is 18.5 Å². The molecule has 7 nitrogen and oxygen atoms in total. The smallest absolute Gasteiger partial charge is 0.308 e. The summed E-state index contributed by atoms with van der Waals surface area (Å²) in [5.41, 5.74) is 6.56. The highest BCUT2D eigenvalue weighted by Gasteiger charge is 2.14. The van der Waals surface area contributed by atoms with Crippen LogP contribution in [0.3, 0.4) is 0 Å². The third-order valence-electron chi connectivity index (χ3n) is 2.82. The second-order valence-corrected chi connectivity index (χ2v) is 6.39. The summed E-state index contributed by atoms with van der Waals surface area (Å²) in [5.74, 6) is 0.529. The van der Waals surface area contributed by atoms with Gasteiger partial charge in [0.25, 0.3) is 0 Å². The standard InChI is InChI=1S/C13H20N5O2P/c1-2-3-8-16-21(14,19)17-20-13-6-4-12(5-7-13)18-10-9-15-11-18/h4-7,9-11H,2-3,8H2,1H3,(H4,14,16,17,19). The lowest BCUT2D eigenvalue weighted by molar-refractivity contribution is 0.264. The minimum Gasteiger partial charge on any atom is -0.400 e. The molecule has 0 radical (unpaired) electrons. The van der Waals surface area contributed by atoms with Crippen LogP contribution in [-0.2, 0) is 4.57 Å². The van der Waals surface area contributed by atoms with Gasteiger partial charge in [-0.05, 0) is 30.7 Å². The Bertz CT molecular complexity index is 585. The molecule has 0 aliphatic carbocycles. The van der Waals surface area contributed by atoms with Crippen molar-refractivity contribution in [3.05, 3.63) is 43.0 Å². The quantitative estimate of drug-likeness (QED) is 0.393. The number of aromatic nitrogens is 2. The molecule has 1 unspecified atom stereocenters. The van der Waals surface area contributed by atoms with Crippen LogP contribution in [0.4, 0.5) is 0 Å². The highest BCUT2D eigenvalue weighted by molar-refractivity contribution is 7.57. The first-order valence-electron chi connectivity index (χ1n) is 6.77. The lowest BCUT2D eigenvalue weighted by Crippen LogP contribution is -2.30. The van der Waals surface area contributed by atoms with Crippen molar-refractivity contribution in [2.75, 3.05) is 6.54 Å². The second kappa shape index (κ2) is 7.38. The summed E-state index contributed by atoms with van der Waals surface area (Å²) in [6.45, 7) is 2.63. The van der Waals surface area contributed by atoms with E-state index in [0.29, 0.717) is 12.3 Å². The zero-order valence-electron chi connectivity index (χ0n) is 11.9. The number of nitrogens with two attached hydrogens (primary N) is 1. The maximum absolute atomic E-state index is 11.9. The third-order valence-corrected chi connectivity index (χ3v) is 3.87. The summed E-state index contributed by atoms with van der Waals surface area (Å²) >= 11 is 0. The van der Waals surface area contributed by atoms with Gasteiger partial charge < -0.3 is 9.40 Å². The highest BCUT2D eigenvalue weighted by atomic mass is 31.2. The molecule has 0 fully saturated rings. The summed E-state index contributed by atoms with van der Waals surface area (Å²) in [6, 6.07) is 7.25. The summed E-state index contributed by atoms with van der Waals surface area (Å²) in [6.07, 6.45) is 7.17. The molecular weight excluding hydrogens is 289 g/mol. The fourth-order valence-corrected chi connectivity index (χ4v) is 2.47. The van der Waals surface area contributed by atoms with Gasteiger partial charge in [-0.25, -0.2) is 10.1 Å². The second-order valence-electron chi connectivity index (χ2n) is 4.58. The monoisotopic (exact) mass is 309 g/mol. The van der Waals surface area contributed by atoms with Crippen LogP contribution in [0.25, 0.3) is 5.69 Å². The van der Waals surface area contributed by atoms with E-state index in [2.05, 4.69) is 22.2 Å². The van der Waals surface area contributed by atoms with Crippen molar-refractivity contribution in [2.45, 2.75) is 19.8 Å². The van der Waals surface area contributed by atoms with E-state index in [1.165, 1.54) is 0 Å². The number of rotatable bonds is 8. The van der Waals surface area contributed by atoms with Crippen molar-refractivity contribution in [3.8, 4) is 11.4 Å². The summed E-state index contributed by atoms with van der Waals surface area (Å²) in [7, 11) is -3.19. The van der Waals surface area contributed by atoms with Gasteiger partial charge in [-0.2, -0.15) is 0 Å². The van der Waals surface area contributed by atoms with Gasteiger partial charge in [0.15, 0.2) is 0 Å². The predicted molar refractivity (Wildman–Crippen MR) is 82.0 cm³/mol. The van der Waals surface area contributed by atoms with Gasteiger partial charge >= 0.3 is 7.59 Å². The van der Waals surface area contributed by atoms with E-state index in [-0.39, 0.29) is 0 Å². The topological polar surface area (TPSA) is 94.2 Å². The number of imidazole rings is 1. The van der Waals surface area contributed by atoms with Crippen molar-refractivity contribution < 1.29 is 9.40 Å². The van der Waals surface area contributed by atoms with Crippen LogP contribution in [0.15, 0.2) is 43.0 Å². The van der Waals surface area contributed by atoms with Gasteiger partial charge in [0.05, 0.1) is 6.33 Å². The minimum atomic E-state index is -3.19. The van der Waals surface area contributed by atoms with E-state index in [9.17, 15) is 4.57 Å². The number of hydrogen-bond acceptors (Lipinski definition) is 3. The molecule has 0 saturated carbocycles. The molecule has 1 aromatic heterocycles. The van der Waals surface area contributed by atoms with E-state index in [1.807, 2.05) is 22.9 Å². The molecule has 2 rings (SSSR count). The van der Waals surface area contributed by atoms with Crippen molar-refractivity contribution >= 4 is 7.59 Å². The molecule has 0 aliphatic heterocycles. The lowest BCUT2D eigenvalue weighted by atomic mass is 10.3. The van der Waals surface area contributed by atoms with Crippen LogP contribution in [-0.4, -0.2) is 16.1 Å². The van der Waals surface area contributed by atoms with Crippen molar-refractivity contribution in [2.24, 2.45) is 5.50 Å².